The zero-order valence-electron chi connectivity index (χ0n) is 7.74. The molecule has 3 heteroatoms. The first-order valence-corrected chi connectivity index (χ1v) is 5.21. The number of halogens is 1. The molecule has 1 heterocycles. The fourth-order valence-electron chi connectivity index (χ4n) is 1.51. The summed E-state index contributed by atoms with van der Waals surface area (Å²) < 4.78 is 0.757. The molecule has 0 aliphatic heterocycles. The van der Waals surface area contributed by atoms with Crippen LogP contribution in [0.4, 0.5) is 0 Å². The van der Waals surface area contributed by atoms with Gasteiger partial charge in [0.1, 0.15) is 4.60 Å². The molecule has 0 radical (unpaired) electrons. The van der Waals surface area contributed by atoms with E-state index in [0.717, 1.165) is 21.1 Å². The summed E-state index contributed by atoms with van der Waals surface area (Å²) in [5.41, 5.74) is 0.718. The molecule has 2 aromatic rings. The van der Waals surface area contributed by atoms with Crippen LogP contribution in [0.25, 0.3) is 10.8 Å². The minimum atomic E-state index is -0.544. The van der Waals surface area contributed by atoms with Crippen LogP contribution in [0.5, 0.6) is 0 Å². The van der Waals surface area contributed by atoms with Gasteiger partial charge < -0.3 is 5.11 Å². The topological polar surface area (TPSA) is 33.1 Å². The third-order valence-electron chi connectivity index (χ3n) is 2.13. The van der Waals surface area contributed by atoms with Gasteiger partial charge in [0, 0.05) is 5.39 Å². The van der Waals surface area contributed by atoms with E-state index in [2.05, 4.69) is 20.9 Å². The van der Waals surface area contributed by atoms with Crippen molar-refractivity contribution >= 4 is 26.7 Å². The standard InChI is InChI=1S/C11H10BrNO/c1-7(14)11-9-5-3-2-4-8(9)6-10(12)13-11/h2-7,14H,1H3. The maximum atomic E-state index is 9.56. The summed E-state index contributed by atoms with van der Waals surface area (Å²) in [7, 11) is 0. The summed E-state index contributed by atoms with van der Waals surface area (Å²) in [5.74, 6) is 0. The van der Waals surface area contributed by atoms with E-state index in [9.17, 15) is 5.11 Å². The first-order valence-electron chi connectivity index (χ1n) is 4.42. The highest BCUT2D eigenvalue weighted by Gasteiger charge is 2.08. The number of aliphatic hydroxyl groups excluding tert-OH is 1. The summed E-state index contributed by atoms with van der Waals surface area (Å²) in [5, 5.41) is 11.7. The Kier molecular flexibility index (Phi) is 2.52. The van der Waals surface area contributed by atoms with Crippen molar-refractivity contribution in [1.82, 2.24) is 4.98 Å². The third kappa shape index (κ3) is 1.65. The Morgan fingerprint density at radius 1 is 1.36 bits per heavy atom. The largest absolute Gasteiger partial charge is 0.387 e. The molecule has 0 aliphatic carbocycles. The minimum absolute atomic E-state index is 0.544. The summed E-state index contributed by atoms with van der Waals surface area (Å²) in [6, 6.07) is 9.84. The highest BCUT2D eigenvalue weighted by atomic mass is 79.9. The van der Waals surface area contributed by atoms with Gasteiger partial charge in [0.25, 0.3) is 0 Å². The van der Waals surface area contributed by atoms with Crippen LogP contribution in [0.15, 0.2) is 34.9 Å². The predicted octanol–water partition coefficient (Wildman–Crippen LogP) is 3.05. The molecule has 2 rings (SSSR count). The molecule has 0 saturated heterocycles. The molecular formula is C11H10BrNO. The normalized spacial score (nSPS) is 13.1. The van der Waals surface area contributed by atoms with Crippen molar-refractivity contribution in [2.24, 2.45) is 0 Å². The monoisotopic (exact) mass is 251 g/mol. The van der Waals surface area contributed by atoms with Crippen LogP contribution < -0.4 is 0 Å². The first kappa shape index (κ1) is 9.62. The Labute approximate surface area is 90.7 Å². The Morgan fingerprint density at radius 3 is 2.79 bits per heavy atom. The van der Waals surface area contributed by atoms with Crippen LogP contribution in [0.3, 0.4) is 0 Å². The molecule has 0 saturated carbocycles. The van der Waals surface area contributed by atoms with E-state index in [1.54, 1.807) is 6.92 Å². The Balaban J connectivity index is 2.80. The fourth-order valence-corrected chi connectivity index (χ4v) is 1.95. The predicted molar refractivity (Wildman–Crippen MR) is 60.1 cm³/mol. The van der Waals surface area contributed by atoms with Crippen molar-refractivity contribution in [2.75, 3.05) is 0 Å². The van der Waals surface area contributed by atoms with E-state index >= 15 is 0 Å². The number of aromatic nitrogens is 1. The number of aliphatic hydroxyl groups is 1. The number of nitrogens with zero attached hydrogens (tertiary/aromatic N) is 1. The summed E-state index contributed by atoms with van der Waals surface area (Å²) in [6.07, 6.45) is -0.544. The van der Waals surface area contributed by atoms with Crippen molar-refractivity contribution < 1.29 is 5.11 Å². The number of rotatable bonds is 1. The van der Waals surface area contributed by atoms with Crippen LogP contribution in [-0.2, 0) is 0 Å². The zero-order valence-corrected chi connectivity index (χ0v) is 9.32. The van der Waals surface area contributed by atoms with E-state index in [1.807, 2.05) is 30.3 Å². The van der Waals surface area contributed by atoms with Gasteiger partial charge in [-0.05, 0) is 34.3 Å². The number of hydrogen-bond acceptors (Lipinski definition) is 2. The molecule has 14 heavy (non-hydrogen) atoms. The highest BCUT2D eigenvalue weighted by Crippen LogP contribution is 2.25. The van der Waals surface area contributed by atoms with E-state index in [0.29, 0.717) is 0 Å². The lowest BCUT2D eigenvalue weighted by Gasteiger charge is -2.08. The van der Waals surface area contributed by atoms with Gasteiger partial charge in [-0.1, -0.05) is 24.3 Å². The smallest absolute Gasteiger partial charge is 0.107 e. The van der Waals surface area contributed by atoms with Gasteiger partial charge in [-0.3, -0.25) is 0 Å². The Morgan fingerprint density at radius 2 is 2.07 bits per heavy atom. The summed E-state index contributed by atoms with van der Waals surface area (Å²) >= 11 is 3.33. The molecule has 0 fully saturated rings. The molecule has 1 atom stereocenters. The van der Waals surface area contributed by atoms with Gasteiger partial charge in [0.15, 0.2) is 0 Å². The summed E-state index contributed by atoms with van der Waals surface area (Å²) in [4.78, 5) is 4.27. The molecule has 72 valence electrons. The molecule has 2 nitrogen and oxygen atoms in total. The molecule has 1 aromatic carbocycles. The molecule has 1 N–H and O–H groups in total. The van der Waals surface area contributed by atoms with Gasteiger partial charge in [-0.15, -0.1) is 0 Å². The second kappa shape index (κ2) is 3.67. The Hall–Kier alpha value is -0.930. The van der Waals surface area contributed by atoms with E-state index in [4.69, 9.17) is 0 Å². The second-order valence-corrected chi connectivity index (χ2v) is 4.04. The lowest BCUT2D eigenvalue weighted by molar-refractivity contribution is 0.196. The van der Waals surface area contributed by atoms with Gasteiger partial charge in [0.2, 0.25) is 0 Å². The second-order valence-electron chi connectivity index (χ2n) is 3.23. The lowest BCUT2D eigenvalue weighted by atomic mass is 10.1. The zero-order chi connectivity index (χ0) is 10.1. The van der Waals surface area contributed by atoms with Crippen LogP contribution in [0.2, 0.25) is 0 Å². The lowest BCUT2D eigenvalue weighted by Crippen LogP contribution is -1.97. The van der Waals surface area contributed by atoms with Crippen LogP contribution in [0, 0.1) is 0 Å². The van der Waals surface area contributed by atoms with Crippen LogP contribution in [0.1, 0.15) is 18.7 Å². The molecule has 1 aromatic heterocycles. The van der Waals surface area contributed by atoms with Crippen LogP contribution >= 0.6 is 15.9 Å². The van der Waals surface area contributed by atoms with Gasteiger partial charge in [0.05, 0.1) is 11.8 Å². The minimum Gasteiger partial charge on any atom is -0.387 e. The number of pyridine rings is 1. The van der Waals surface area contributed by atoms with Crippen molar-refractivity contribution in [3.8, 4) is 0 Å². The number of fused-ring (bicyclic) bond motifs is 1. The van der Waals surface area contributed by atoms with Gasteiger partial charge in [-0.25, -0.2) is 4.98 Å². The van der Waals surface area contributed by atoms with Crippen molar-refractivity contribution in [2.45, 2.75) is 13.0 Å². The first-order chi connectivity index (χ1) is 6.68. The maximum Gasteiger partial charge on any atom is 0.107 e. The highest BCUT2D eigenvalue weighted by molar-refractivity contribution is 9.10. The molecule has 1 unspecified atom stereocenters. The molecule has 0 aliphatic rings. The average molecular weight is 252 g/mol. The van der Waals surface area contributed by atoms with E-state index in [-0.39, 0.29) is 0 Å². The SMILES string of the molecule is CC(O)c1nc(Br)cc2ccccc12. The van der Waals surface area contributed by atoms with Crippen molar-refractivity contribution in [1.29, 1.82) is 0 Å². The van der Waals surface area contributed by atoms with Gasteiger partial charge >= 0.3 is 0 Å². The molecule has 0 bridgehead atoms. The summed E-state index contributed by atoms with van der Waals surface area (Å²) in [6.45, 7) is 1.72. The fraction of sp³-hybridized carbons (Fsp3) is 0.182. The molecule has 0 spiro atoms. The molecule has 0 amide bonds. The van der Waals surface area contributed by atoms with Gasteiger partial charge in [-0.2, -0.15) is 0 Å². The number of hydrogen-bond donors (Lipinski definition) is 1. The number of benzene rings is 1. The van der Waals surface area contributed by atoms with Crippen LogP contribution in [-0.4, -0.2) is 10.1 Å². The van der Waals surface area contributed by atoms with Crippen molar-refractivity contribution in [3.63, 3.8) is 0 Å². The maximum absolute atomic E-state index is 9.56. The van der Waals surface area contributed by atoms with E-state index < -0.39 is 6.10 Å². The van der Waals surface area contributed by atoms with E-state index in [1.165, 1.54) is 0 Å². The van der Waals surface area contributed by atoms with Crippen molar-refractivity contribution in [3.05, 3.63) is 40.6 Å². The Bertz CT molecular complexity index is 468. The average Bonchev–Trinajstić information content (AvgIpc) is 2.16. The molecular weight excluding hydrogens is 242 g/mol. The quantitative estimate of drug-likeness (QED) is 0.791. The third-order valence-corrected chi connectivity index (χ3v) is 2.54.